The molecule has 1 N–H and O–H groups in total. The number of oxazole rings is 1. The summed E-state index contributed by atoms with van der Waals surface area (Å²) in [6.07, 6.45) is 11.8. The van der Waals surface area contributed by atoms with Crippen molar-refractivity contribution in [2.75, 3.05) is 31.6 Å². The molecule has 7 rings (SSSR count). The lowest BCUT2D eigenvalue weighted by atomic mass is 9.79. The van der Waals surface area contributed by atoms with Crippen molar-refractivity contribution in [1.29, 1.82) is 0 Å². The Balaban J connectivity index is 1.02. The maximum Gasteiger partial charge on any atom is 0.410 e. The number of likely N-dealkylation sites (tertiary alicyclic amines) is 1. The van der Waals surface area contributed by atoms with Gasteiger partial charge in [0, 0.05) is 60.8 Å². The van der Waals surface area contributed by atoms with Crippen molar-refractivity contribution in [3.63, 3.8) is 0 Å². The number of rotatable bonds is 10. The van der Waals surface area contributed by atoms with Crippen LogP contribution >= 0.6 is 0 Å². The number of methoxy groups -OCH3 is 1. The molecule has 268 valence electrons. The van der Waals surface area contributed by atoms with Crippen LogP contribution in [0.25, 0.3) is 11.3 Å². The van der Waals surface area contributed by atoms with Crippen molar-refractivity contribution >= 4 is 17.8 Å². The fourth-order valence-corrected chi connectivity index (χ4v) is 7.81. The first-order valence-electron chi connectivity index (χ1n) is 18.5. The molecule has 11 nitrogen and oxygen atoms in total. The third-order valence-electron chi connectivity index (χ3n) is 11.4. The van der Waals surface area contributed by atoms with Gasteiger partial charge in [-0.2, -0.15) is 0 Å². The Morgan fingerprint density at radius 2 is 1.70 bits per heavy atom. The van der Waals surface area contributed by atoms with Crippen molar-refractivity contribution < 1.29 is 28.6 Å². The van der Waals surface area contributed by atoms with Crippen molar-refractivity contribution in [1.82, 2.24) is 19.9 Å². The number of hydrogen-bond donors (Lipinski definition) is 1. The second kappa shape index (κ2) is 14.3. The molecule has 3 aromatic rings. The molecule has 3 aliphatic carbocycles. The first kappa shape index (κ1) is 34.5. The smallest absolute Gasteiger partial charge is 0.410 e. The molecule has 1 saturated heterocycles. The van der Waals surface area contributed by atoms with Gasteiger partial charge in [0.1, 0.15) is 29.6 Å². The summed E-state index contributed by atoms with van der Waals surface area (Å²) in [6, 6.07) is 8.00. The van der Waals surface area contributed by atoms with Crippen LogP contribution in [0.2, 0.25) is 0 Å². The molecule has 50 heavy (non-hydrogen) atoms. The van der Waals surface area contributed by atoms with Crippen LogP contribution in [0.15, 0.2) is 41.1 Å². The number of anilines is 1. The topological polar surface area (TPSA) is 131 Å². The number of ether oxygens (including phenoxy) is 2. The highest BCUT2D eigenvalue weighted by Gasteiger charge is 2.42. The molecule has 0 spiro atoms. The van der Waals surface area contributed by atoms with Gasteiger partial charge in [0.05, 0.1) is 18.4 Å². The molecule has 0 bridgehead atoms. The number of pyridine rings is 2. The SMILES string of the molecule is COc1ccc([C@H]2CC[C@H](CN(c3cc(-c4coc(C5CC5)n4)ccn3)C(=O)[C@H]3CC[C@H](OC(=O)N4CC(C(C)(C)O)C4)CC3)CC2)nc1C. The largest absolute Gasteiger partial charge is 0.495 e. The van der Waals surface area contributed by atoms with Crippen molar-refractivity contribution in [3.05, 3.63) is 54.0 Å². The zero-order chi connectivity index (χ0) is 35.0. The van der Waals surface area contributed by atoms with E-state index in [4.69, 9.17) is 28.8 Å². The summed E-state index contributed by atoms with van der Waals surface area (Å²) in [5.74, 6) is 3.37. The summed E-state index contributed by atoms with van der Waals surface area (Å²) < 4.78 is 17.0. The highest BCUT2D eigenvalue weighted by Crippen LogP contribution is 2.41. The van der Waals surface area contributed by atoms with Crippen LogP contribution in [0, 0.1) is 24.7 Å². The molecule has 1 aliphatic heterocycles. The van der Waals surface area contributed by atoms with E-state index in [1.165, 1.54) is 0 Å². The minimum absolute atomic E-state index is 0.0596. The molecule has 4 aliphatic rings. The fraction of sp³-hybridized carbons (Fsp3) is 0.615. The first-order valence-corrected chi connectivity index (χ1v) is 18.5. The Morgan fingerprint density at radius 1 is 0.980 bits per heavy atom. The second-order valence-electron chi connectivity index (χ2n) is 15.6. The van der Waals surface area contributed by atoms with Crippen LogP contribution in [0.5, 0.6) is 5.75 Å². The van der Waals surface area contributed by atoms with Gasteiger partial charge in [-0.1, -0.05) is 0 Å². The van der Waals surface area contributed by atoms with E-state index in [0.29, 0.717) is 68.9 Å². The molecular formula is C39H51N5O6. The average Bonchev–Trinajstić information content (AvgIpc) is 3.82. The molecule has 4 heterocycles. The van der Waals surface area contributed by atoms with Gasteiger partial charge in [0.25, 0.3) is 0 Å². The van der Waals surface area contributed by atoms with Gasteiger partial charge in [0.15, 0.2) is 5.89 Å². The fourth-order valence-electron chi connectivity index (χ4n) is 7.81. The summed E-state index contributed by atoms with van der Waals surface area (Å²) in [4.78, 5) is 45.1. The van der Waals surface area contributed by atoms with Crippen LogP contribution in [0.4, 0.5) is 10.6 Å². The summed E-state index contributed by atoms with van der Waals surface area (Å²) in [6.45, 7) is 7.16. The zero-order valence-corrected chi connectivity index (χ0v) is 29.8. The summed E-state index contributed by atoms with van der Waals surface area (Å²) in [5, 5.41) is 10.2. The van der Waals surface area contributed by atoms with E-state index in [1.54, 1.807) is 38.3 Å². The normalized spacial score (nSPS) is 24.4. The zero-order valence-electron chi connectivity index (χ0n) is 29.8. The molecule has 11 heteroatoms. The molecule has 0 unspecified atom stereocenters. The number of hydrogen-bond acceptors (Lipinski definition) is 9. The molecule has 0 radical (unpaired) electrons. The lowest BCUT2D eigenvalue weighted by Gasteiger charge is -2.45. The van der Waals surface area contributed by atoms with Crippen molar-refractivity contribution in [2.45, 2.75) is 109 Å². The number of carbonyl (C=O) groups is 2. The van der Waals surface area contributed by atoms with Gasteiger partial charge < -0.3 is 23.9 Å². The Morgan fingerprint density at radius 3 is 2.36 bits per heavy atom. The van der Waals surface area contributed by atoms with Gasteiger partial charge in [0.2, 0.25) is 5.91 Å². The van der Waals surface area contributed by atoms with E-state index >= 15 is 0 Å². The van der Waals surface area contributed by atoms with E-state index in [-0.39, 0.29) is 29.9 Å². The van der Waals surface area contributed by atoms with E-state index in [1.807, 2.05) is 30.0 Å². The van der Waals surface area contributed by atoms with Gasteiger partial charge in [-0.05, 0) is 115 Å². The standard InChI is InChI=1S/C39H51N5O6/c1-24-34(48-4)16-15-32(41-24)26-7-5-25(6-8-26)20-44(35-19-29(17-18-40-35)33-23-49-36(42-33)27-9-10-27)37(45)28-11-13-31(14-12-28)50-38(46)43-21-30(22-43)39(2,3)47/h15-19,23,25-28,30-31,47H,5-14,20-22H2,1-4H3/t25-,26-,28-,31-. The van der Waals surface area contributed by atoms with Crippen molar-refractivity contribution in [3.8, 4) is 17.0 Å². The maximum absolute atomic E-state index is 14.4. The molecule has 0 atom stereocenters. The van der Waals surface area contributed by atoms with E-state index in [0.717, 1.165) is 72.8 Å². The minimum Gasteiger partial charge on any atom is -0.495 e. The number of nitrogens with zero attached hydrogens (tertiary/aromatic N) is 5. The van der Waals surface area contributed by atoms with Gasteiger partial charge in [-0.3, -0.25) is 14.7 Å². The lowest BCUT2D eigenvalue weighted by Crippen LogP contribution is -2.58. The Kier molecular flexibility index (Phi) is 9.87. The molecule has 0 aromatic carbocycles. The molecule has 3 aromatic heterocycles. The predicted octanol–water partition coefficient (Wildman–Crippen LogP) is 7.03. The molecule has 3 saturated carbocycles. The molecular weight excluding hydrogens is 634 g/mol. The second-order valence-corrected chi connectivity index (χ2v) is 15.6. The monoisotopic (exact) mass is 685 g/mol. The van der Waals surface area contributed by atoms with Crippen LogP contribution in [0.3, 0.4) is 0 Å². The number of aromatic nitrogens is 3. The van der Waals surface area contributed by atoms with E-state index in [9.17, 15) is 14.7 Å². The van der Waals surface area contributed by atoms with Gasteiger partial charge >= 0.3 is 6.09 Å². The lowest BCUT2D eigenvalue weighted by molar-refractivity contribution is -0.124. The number of aliphatic hydroxyl groups is 1. The van der Waals surface area contributed by atoms with Gasteiger partial charge in [-0.15, -0.1) is 0 Å². The third kappa shape index (κ3) is 7.67. The third-order valence-corrected chi connectivity index (χ3v) is 11.4. The molecule has 2 amide bonds. The van der Waals surface area contributed by atoms with Crippen LogP contribution in [0.1, 0.15) is 107 Å². The van der Waals surface area contributed by atoms with Crippen LogP contribution in [-0.4, -0.2) is 75.4 Å². The highest BCUT2D eigenvalue weighted by molar-refractivity contribution is 5.94. The van der Waals surface area contributed by atoms with E-state index in [2.05, 4.69) is 6.07 Å². The summed E-state index contributed by atoms with van der Waals surface area (Å²) >= 11 is 0. The Labute approximate surface area is 294 Å². The molecule has 4 fully saturated rings. The predicted molar refractivity (Wildman–Crippen MR) is 188 cm³/mol. The summed E-state index contributed by atoms with van der Waals surface area (Å²) in [7, 11) is 1.67. The highest BCUT2D eigenvalue weighted by atomic mass is 16.6. The number of carbonyl (C=O) groups excluding carboxylic acids is 2. The van der Waals surface area contributed by atoms with Crippen LogP contribution < -0.4 is 9.64 Å². The maximum atomic E-state index is 14.4. The number of amides is 2. The van der Waals surface area contributed by atoms with Crippen LogP contribution in [-0.2, 0) is 9.53 Å². The quantitative estimate of drug-likeness (QED) is 0.239. The Hall–Kier alpha value is -3.99. The summed E-state index contributed by atoms with van der Waals surface area (Å²) in [5.41, 5.74) is 2.88. The first-order chi connectivity index (χ1) is 24.1. The average molecular weight is 686 g/mol. The van der Waals surface area contributed by atoms with Crippen molar-refractivity contribution in [2.24, 2.45) is 17.8 Å². The van der Waals surface area contributed by atoms with Gasteiger partial charge in [-0.25, -0.2) is 14.8 Å². The Bertz CT molecular complexity index is 1660. The van der Waals surface area contributed by atoms with E-state index < -0.39 is 5.60 Å². The minimum atomic E-state index is -0.809. The number of aryl methyl sites for hydroxylation is 1.